The molecule has 0 radical (unpaired) electrons. The lowest BCUT2D eigenvalue weighted by molar-refractivity contribution is 0.302. The molecule has 1 rings (SSSR count). The van der Waals surface area contributed by atoms with Crippen molar-refractivity contribution in [2.75, 3.05) is 26.2 Å². The molecule has 86 valence electrons. The van der Waals surface area contributed by atoms with Crippen LogP contribution in [0.3, 0.4) is 0 Å². The fourth-order valence-corrected chi connectivity index (χ4v) is 2.89. The zero-order valence-electron chi connectivity index (χ0n) is 9.42. The second-order valence-corrected chi connectivity index (χ2v) is 5.25. The lowest BCUT2D eigenvalue weighted by atomic mass is 10.4. The first-order valence-corrected chi connectivity index (χ1v) is 7.10. The maximum Gasteiger partial charge on any atom is 0.0327 e. The predicted octanol–water partition coefficient (Wildman–Crippen LogP) is 2.94. The maximum atomic E-state index is 3.53. The smallest absolute Gasteiger partial charge is 0.0327 e. The molecule has 0 atom stereocenters. The Labute approximate surface area is 105 Å². The van der Waals surface area contributed by atoms with E-state index in [1.165, 1.54) is 9.35 Å². The molecule has 0 aromatic carbocycles. The van der Waals surface area contributed by atoms with Crippen LogP contribution in [0.4, 0.5) is 0 Å². The number of nitrogens with one attached hydrogen (secondary N) is 1. The minimum atomic E-state index is 0.972. The van der Waals surface area contributed by atoms with E-state index >= 15 is 0 Å². The number of hydrogen-bond donors (Lipinski definition) is 1. The molecule has 0 aliphatic rings. The number of hydrogen-bond acceptors (Lipinski definition) is 3. The van der Waals surface area contributed by atoms with Crippen LogP contribution in [0, 0.1) is 0 Å². The molecular weight excluding hydrogens is 272 g/mol. The van der Waals surface area contributed by atoms with E-state index in [-0.39, 0.29) is 0 Å². The summed E-state index contributed by atoms with van der Waals surface area (Å²) in [5, 5.41) is 5.58. The Morgan fingerprint density at radius 3 is 2.67 bits per heavy atom. The first kappa shape index (κ1) is 13.2. The predicted molar refractivity (Wildman–Crippen MR) is 71.5 cm³/mol. The number of halogens is 1. The average molecular weight is 291 g/mol. The number of thiophene rings is 1. The fraction of sp³-hybridized carbons (Fsp3) is 0.636. The summed E-state index contributed by atoms with van der Waals surface area (Å²) in [4.78, 5) is 3.81. The van der Waals surface area contributed by atoms with Crippen LogP contribution in [0.2, 0.25) is 0 Å². The van der Waals surface area contributed by atoms with Crippen LogP contribution in [0.1, 0.15) is 18.7 Å². The molecule has 1 aromatic rings. The van der Waals surface area contributed by atoms with Crippen molar-refractivity contribution in [2.24, 2.45) is 0 Å². The van der Waals surface area contributed by atoms with E-state index in [0.717, 1.165) is 32.7 Å². The van der Waals surface area contributed by atoms with Gasteiger partial charge in [-0.2, -0.15) is 0 Å². The van der Waals surface area contributed by atoms with Gasteiger partial charge in [0.25, 0.3) is 0 Å². The Morgan fingerprint density at radius 2 is 2.13 bits per heavy atom. The topological polar surface area (TPSA) is 15.3 Å². The molecule has 15 heavy (non-hydrogen) atoms. The number of likely N-dealkylation sites (N-methyl/N-ethyl adjacent to an activating group) is 1. The highest BCUT2D eigenvalue weighted by Crippen LogP contribution is 2.21. The van der Waals surface area contributed by atoms with Crippen molar-refractivity contribution < 1.29 is 0 Å². The second kappa shape index (κ2) is 7.39. The lowest BCUT2D eigenvalue weighted by Crippen LogP contribution is -2.31. The van der Waals surface area contributed by atoms with Crippen LogP contribution in [0.5, 0.6) is 0 Å². The highest BCUT2D eigenvalue weighted by molar-refractivity contribution is 9.10. The summed E-state index contributed by atoms with van der Waals surface area (Å²) in [5.41, 5.74) is 0. The van der Waals surface area contributed by atoms with Crippen molar-refractivity contribution in [2.45, 2.75) is 20.4 Å². The largest absolute Gasteiger partial charge is 0.311 e. The van der Waals surface area contributed by atoms with Crippen LogP contribution < -0.4 is 5.32 Å². The van der Waals surface area contributed by atoms with Gasteiger partial charge in [-0.1, -0.05) is 13.8 Å². The Morgan fingerprint density at radius 1 is 1.40 bits per heavy atom. The number of rotatable bonds is 7. The van der Waals surface area contributed by atoms with Crippen LogP contribution in [-0.4, -0.2) is 31.1 Å². The molecule has 0 spiro atoms. The second-order valence-electron chi connectivity index (χ2n) is 3.40. The third-order valence-corrected chi connectivity index (χ3v) is 4.40. The van der Waals surface area contributed by atoms with Crippen molar-refractivity contribution in [3.8, 4) is 0 Å². The Bertz CT molecular complexity index is 271. The van der Waals surface area contributed by atoms with Gasteiger partial charge in [-0.05, 0) is 40.5 Å². The van der Waals surface area contributed by atoms with Crippen molar-refractivity contribution >= 4 is 27.3 Å². The molecule has 1 N–H and O–H groups in total. The van der Waals surface area contributed by atoms with E-state index in [1.807, 2.05) is 0 Å². The zero-order chi connectivity index (χ0) is 11.1. The van der Waals surface area contributed by atoms with E-state index in [4.69, 9.17) is 0 Å². The van der Waals surface area contributed by atoms with Gasteiger partial charge < -0.3 is 10.2 Å². The first-order valence-electron chi connectivity index (χ1n) is 5.42. The number of nitrogens with zero attached hydrogens (tertiary/aromatic N) is 1. The van der Waals surface area contributed by atoms with E-state index in [1.54, 1.807) is 11.3 Å². The normalized spacial score (nSPS) is 11.2. The van der Waals surface area contributed by atoms with Crippen LogP contribution >= 0.6 is 27.3 Å². The van der Waals surface area contributed by atoms with Crippen LogP contribution in [0.15, 0.2) is 15.9 Å². The molecule has 1 heterocycles. The molecule has 0 aliphatic heterocycles. The highest BCUT2D eigenvalue weighted by Gasteiger charge is 2.01. The molecule has 4 heteroatoms. The van der Waals surface area contributed by atoms with Gasteiger partial charge in [-0.25, -0.2) is 0 Å². The summed E-state index contributed by atoms with van der Waals surface area (Å²) in [6, 6.07) is 2.10. The summed E-state index contributed by atoms with van der Waals surface area (Å²) in [7, 11) is 0. The summed E-state index contributed by atoms with van der Waals surface area (Å²) >= 11 is 5.33. The van der Waals surface area contributed by atoms with E-state index in [2.05, 4.69) is 51.4 Å². The molecule has 0 bridgehead atoms. The summed E-state index contributed by atoms with van der Waals surface area (Å²) in [6.45, 7) is 9.86. The van der Waals surface area contributed by atoms with Gasteiger partial charge in [0.1, 0.15) is 0 Å². The van der Waals surface area contributed by atoms with Crippen molar-refractivity contribution in [3.05, 3.63) is 20.8 Å². The third-order valence-electron chi connectivity index (χ3n) is 2.48. The molecule has 0 aliphatic carbocycles. The molecule has 0 saturated carbocycles. The standard InChI is InChI=1S/C11H19BrN2S/c1-3-14(4-2)7-6-13-9-11-10(12)5-8-15-11/h5,8,13H,3-4,6-7,9H2,1-2H3. The third kappa shape index (κ3) is 4.64. The van der Waals surface area contributed by atoms with Crippen molar-refractivity contribution in [1.29, 1.82) is 0 Å². The quantitative estimate of drug-likeness (QED) is 0.777. The molecule has 0 unspecified atom stereocenters. The Kier molecular flexibility index (Phi) is 6.48. The maximum absolute atomic E-state index is 3.53. The van der Waals surface area contributed by atoms with E-state index in [0.29, 0.717) is 0 Å². The van der Waals surface area contributed by atoms with Gasteiger partial charge in [0.2, 0.25) is 0 Å². The minimum absolute atomic E-state index is 0.972. The van der Waals surface area contributed by atoms with Crippen LogP contribution in [0.25, 0.3) is 0 Å². The molecular formula is C11H19BrN2S. The van der Waals surface area contributed by atoms with Gasteiger partial charge in [-0.3, -0.25) is 0 Å². The zero-order valence-corrected chi connectivity index (χ0v) is 11.8. The molecule has 0 amide bonds. The van der Waals surface area contributed by atoms with Gasteiger partial charge in [0, 0.05) is 29.0 Å². The summed E-state index contributed by atoms with van der Waals surface area (Å²) in [6.07, 6.45) is 0. The molecule has 1 aromatic heterocycles. The monoisotopic (exact) mass is 290 g/mol. The molecule has 0 fully saturated rings. The average Bonchev–Trinajstić information content (AvgIpc) is 2.65. The van der Waals surface area contributed by atoms with E-state index < -0.39 is 0 Å². The van der Waals surface area contributed by atoms with Gasteiger partial charge in [0.15, 0.2) is 0 Å². The van der Waals surface area contributed by atoms with Crippen molar-refractivity contribution in [1.82, 2.24) is 10.2 Å². The highest BCUT2D eigenvalue weighted by atomic mass is 79.9. The fourth-order valence-electron chi connectivity index (χ4n) is 1.43. The summed E-state index contributed by atoms with van der Waals surface area (Å²) < 4.78 is 1.22. The van der Waals surface area contributed by atoms with Crippen LogP contribution in [-0.2, 0) is 6.54 Å². The first-order chi connectivity index (χ1) is 7.27. The Hall–Kier alpha value is 0.100. The van der Waals surface area contributed by atoms with Gasteiger partial charge in [-0.15, -0.1) is 11.3 Å². The van der Waals surface area contributed by atoms with Gasteiger partial charge >= 0.3 is 0 Å². The summed E-state index contributed by atoms with van der Waals surface area (Å²) in [5.74, 6) is 0. The Balaban J connectivity index is 2.14. The van der Waals surface area contributed by atoms with E-state index in [9.17, 15) is 0 Å². The lowest BCUT2D eigenvalue weighted by Gasteiger charge is -2.17. The molecule has 0 saturated heterocycles. The minimum Gasteiger partial charge on any atom is -0.311 e. The van der Waals surface area contributed by atoms with Gasteiger partial charge in [0.05, 0.1) is 0 Å². The molecule has 2 nitrogen and oxygen atoms in total. The van der Waals surface area contributed by atoms with Crippen molar-refractivity contribution in [3.63, 3.8) is 0 Å². The SMILES string of the molecule is CCN(CC)CCNCc1sccc1Br.